The fourth-order valence-corrected chi connectivity index (χ4v) is 2.57. The monoisotopic (exact) mass is 299 g/mol. The second kappa shape index (κ2) is 5.21. The smallest absolute Gasteiger partial charge is 0.228 e. The fourth-order valence-electron chi connectivity index (χ4n) is 2.14. The highest BCUT2D eigenvalue weighted by Gasteiger charge is 2.32. The van der Waals surface area contributed by atoms with Gasteiger partial charge >= 0.3 is 0 Å². The second-order valence-corrected chi connectivity index (χ2v) is 5.27. The number of nitrogens with zero attached hydrogens (tertiary/aromatic N) is 3. The van der Waals surface area contributed by atoms with Gasteiger partial charge in [0.1, 0.15) is 5.82 Å². The molecular formula is C12H18BrN3O. The molecule has 0 radical (unpaired) electrons. The number of halogens is 1. The van der Waals surface area contributed by atoms with Crippen molar-refractivity contribution in [3.05, 3.63) is 12.3 Å². The van der Waals surface area contributed by atoms with Gasteiger partial charge in [0.15, 0.2) is 0 Å². The molecule has 1 aromatic heterocycles. The number of hydrogen-bond acceptors (Lipinski definition) is 2. The van der Waals surface area contributed by atoms with Crippen LogP contribution in [0.15, 0.2) is 12.3 Å². The molecule has 4 nitrogen and oxygen atoms in total. The lowest BCUT2D eigenvalue weighted by molar-refractivity contribution is -0.117. The zero-order valence-electron chi connectivity index (χ0n) is 10.3. The summed E-state index contributed by atoms with van der Waals surface area (Å²) in [7, 11) is 0. The Hall–Kier alpha value is -0.840. The van der Waals surface area contributed by atoms with Crippen molar-refractivity contribution in [3.63, 3.8) is 0 Å². The van der Waals surface area contributed by atoms with Crippen molar-refractivity contribution in [2.75, 3.05) is 16.8 Å². The highest BCUT2D eigenvalue weighted by Crippen LogP contribution is 2.28. The Morgan fingerprint density at radius 1 is 1.65 bits per heavy atom. The summed E-state index contributed by atoms with van der Waals surface area (Å²) >= 11 is 3.45. The fraction of sp³-hybridized carbons (Fsp3) is 0.667. The van der Waals surface area contributed by atoms with E-state index < -0.39 is 0 Å². The first-order chi connectivity index (χ1) is 8.17. The summed E-state index contributed by atoms with van der Waals surface area (Å²) in [4.78, 5) is 13.8. The van der Waals surface area contributed by atoms with Crippen LogP contribution in [0.2, 0.25) is 0 Å². The van der Waals surface area contributed by atoms with Crippen molar-refractivity contribution in [3.8, 4) is 0 Å². The van der Waals surface area contributed by atoms with Crippen LogP contribution in [0.4, 0.5) is 5.82 Å². The van der Waals surface area contributed by atoms with Crippen molar-refractivity contribution < 1.29 is 4.79 Å². The van der Waals surface area contributed by atoms with E-state index in [1.165, 1.54) is 0 Å². The van der Waals surface area contributed by atoms with Gasteiger partial charge in [0.25, 0.3) is 0 Å². The summed E-state index contributed by atoms with van der Waals surface area (Å²) in [6.07, 6.45) is 3.42. The van der Waals surface area contributed by atoms with Crippen LogP contribution in [0.25, 0.3) is 0 Å². The number of rotatable bonds is 4. The van der Waals surface area contributed by atoms with Gasteiger partial charge in [-0.3, -0.25) is 9.69 Å². The maximum atomic E-state index is 12.0. The molecule has 2 unspecified atom stereocenters. The third kappa shape index (κ3) is 2.39. The van der Waals surface area contributed by atoms with Crippen molar-refractivity contribution in [1.29, 1.82) is 0 Å². The van der Waals surface area contributed by atoms with Gasteiger partial charge in [-0.2, -0.15) is 5.10 Å². The molecule has 1 aliphatic heterocycles. The van der Waals surface area contributed by atoms with Gasteiger partial charge in [-0.25, -0.2) is 4.68 Å². The standard InChI is InChI=1S/C12H18BrN3O/c1-3-9(2)16-11(4-5-14-16)15-8-10(7-13)6-12(15)17/h4-5,9-10H,3,6-8H2,1-2H3. The topological polar surface area (TPSA) is 38.1 Å². The minimum Gasteiger partial charge on any atom is -0.297 e. The van der Waals surface area contributed by atoms with Crippen LogP contribution in [0.5, 0.6) is 0 Å². The first-order valence-electron chi connectivity index (χ1n) is 6.07. The molecule has 0 aliphatic carbocycles. The molecule has 2 rings (SSSR count). The van der Waals surface area contributed by atoms with Gasteiger partial charge < -0.3 is 0 Å². The Kier molecular flexibility index (Phi) is 3.86. The summed E-state index contributed by atoms with van der Waals surface area (Å²) in [5, 5.41) is 5.21. The normalized spacial score (nSPS) is 22.2. The molecular weight excluding hydrogens is 282 g/mol. The predicted octanol–water partition coefficient (Wildman–Crippen LogP) is 2.60. The molecule has 0 N–H and O–H groups in total. The third-order valence-electron chi connectivity index (χ3n) is 3.36. The number of carbonyl (C=O) groups excluding carboxylic acids is 1. The van der Waals surface area contributed by atoms with Gasteiger partial charge in [0.2, 0.25) is 5.91 Å². The van der Waals surface area contributed by atoms with E-state index in [1.807, 2.05) is 15.6 Å². The SMILES string of the molecule is CCC(C)n1nccc1N1CC(CBr)CC1=O. The maximum Gasteiger partial charge on any atom is 0.228 e. The van der Waals surface area contributed by atoms with Crippen molar-refractivity contribution in [2.24, 2.45) is 5.92 Å². The van der Waals surface area contributed by atoms with Crippen LogP contribution in [-0.2, 0) is 4.79 Å². The van der Waals surface area contributed by atoms with Gasteiger partial charge in [-0.1, -0.05) is 22.9 Å². The zero-order valence-corrected chi connectivity index (χ0v) is 11.9. The van der Waals surface area contributed by atoms with Crippen molar-refractivity contribution >= 4 is 27.7 Å². The van der Waals surface area contributed by atoms with E-state index in [4.69, 9.17) is 0 Å². The number of carbonyl (C=O) groups is 1. The highest BCUT2D eigenvalue weighted by atomic mass is 79.9. The van der Waals surface area contributed by atoms with Crippen LogP contribution < -0.4 is 4.90 Å². The van der Waals surface area contributed by atoms with Crippen LogP contribution in [0.3, 0.4) is 0 Å². The minimum atomic E-state index is 0.208. The molecule has 0 saturated carbocycles. The highest BCUT2D eigenvalue weighted by molar-refractivity contribution is 9.09. The van der Waals surface area contributed by atoms with Gasteiger partial charge in [0, 0.05) is 24.4 Å². The van der Waals surface area contributed by atoms with E-state index in [0.29, 0.717) is 18.4 Å². The van der Waals surface area contributed by atoms with Crippen LogP contribution in [-0.4, -0.2) is 27.6 Å². The number of alkyl halides is 1. The first-order valence-corrected chi connectivity index (χ1v) is 7.19. The molecule has 17 heavy (non-hydrogen) atoms. The van der Waals surface area contributed by atoms with E-state index in [0.717, 1.165) is 24.1 Å². The minimum absolute atomic E-state index is 0.208. The summed E-state index contributed by atoms with van der Waals surface area (Å²) in [6, 6.07) is 2.26. The molecule has 0 spiro atoms. The Bertz CT molecular complexity index is 404. The third-order valence-corrected chi connectivity index (χ3v) is 4.27. The number of hydrogen-bond donors (Lipinski definition) is 0. The van der Waals surface area contributed by atoms with Crippen molar-refractivity contribution in [2.45, 2.75) is 32.7 Å². The van der Waals surface area contributed by atoms with Gasteiger partial charge in [-0.05, 0) is 19.3 Å². The molecule has 1 aliphatic rings. The average Bonchev–Trinajstić information content (AvgIpc) is 2.93. The Morgan fingerprint density at radius 3 is 3.00 bits per heavy atom. The quantitative estimate of drug-likeness (QED) is 0.802. The molecule has 1 aromatic rings. The first kappa shape index (κ1) is 12.6. The van der Waals surface area contributed by atoms with E-state index in [-0.39, 0.29) is 5.91 Å². The van der Waals surface area contributed by atoms with Crippen molar-refractivity contribution in [1.82, 2.24) is 9.78 Å². The zero-order chi connectivity index (χ0) is 12.4. The summed E-state index contributed by atoms with van der Waals surface area (Å²) in [5.74, 6) is 1.56. The predicted molar refractivity (Wildman–Crippen MR) is 71.5 cm³/mol. The Morgan fingerprint density at radius 2 is 2.41 bits per heavy atom. The van der Waals surface area contributed by atoms with Crippen LogP contribution in [0.1, 0.15) is 32.7 Å². The molecule has 1 fully saturated rings. The van der Waals surface area contributed by atoms with E-state index >= 15 is 0 Å². The molecule has 0 bridgehead atoms. The van der Waals surface area contributed by atoms with Gasteiger partial charge in [0.05, 0.1) is 12.2 Å². The summed E-state index contributed by atoms with van der Waals surface area (Å²) in [6.45, 7) is 5.05. The number of anilines is 1. The molecule has 0 aromatic carbocycles. The van der Waals surface area contributed by atoms with E-state index in [2.05, 4.69) is 34.9 Å². The average molecular weight is 300 g/mol. The van der Waals surface area contributed by atoms with E-state index in [1.54, 1.807) is 6.20 Å². The van der Waals surface area contributed by atoms with Gasteiger partial charge in [-0.15, -0.1) is 0 Å². The Labute approximate surface area is 110 Å². The second-order valence-electron chi connectivity index (χ2n) is 4.62. The molecule has 2 heterocycles. The maximum absolute atomic E-state index is 12.0. The Balaban J connectivity index is 2.23. The molecule has 1 amide bonds. The van der Waals surface area contributed by atoms with Crippen LogP contribution >= 0.6 is 15.9 Å². The van der Waals surface area contributed by atoms with Crippen LogP contribution in [0, 0.1) is 5.92 Å². The lowest BCUT2D eigenvalue weighted by atomic mass is 10.2. The van der Waals surface area contributed by atoms with E-state index in [9.17, 15) is 4.79 Å². The summed E-state index contributed by atoms with van der Waals surface area (Å²) in [5.41, 5.74) is 0. The lowest BCUT2D eigenvalue weighted by Crippen LogP contribution is -2.28. The number of aromatic nitrogens is 2. The largest absolute Gasteiger partial charge is 0.297 e. The molecule has 5 heteroatoms. The number of amides is 1. The lowest BCUT2D eigenvalue weighted by Gasteiger charge is -2.21. The molecule has 2 atom stereocenters. The molecule has 1 saturated heterocycles. The summed E-state index contributed by atoms with van der Waals surface area (Å²) < 4.78 is 1.95. The molecule has 94 valence electrons.